The molecule has 94 valence electrons. The molecular weight excluding hydrogens is 242 g/mol. The average molecular weight is 253 g/mol. The van der Waals surface area contributed by atoms with Crippen molar-refractivity contribution >= 4 is 17.3 Å². The van der Waals surface area contributed by atoms with E-state index in [2.05, 4.69) is 15.8 Å². The molecule has 6 nitrogen and oxygen atoms in total. The van der Waals surface area contributed by atoms with Crippen molar-refractivity contribution in [3.8, 4) is 12.1 Å². The normalized spacial score (nSPS) is 12.7. The number of nitrogens with zero attached hydrogens (tertiary/aromatic N) is 3. The molecule has 0 aliphatic heterocycles. The standard InChI is InChI=1S/C13H11N5O/c14-7-10(8-15)17-18-12-4-2-1-3-11(12)13(19)16-9-5-6-9/h1-4,9,18H,5-6H2,(H,16,19). The third-order valence-electron chi connectivity index (χ3n) is 2.58. The number of para-hydroxylation sites is 1. The highest BCUT2D eigenvalue weighted by molar-refractivity contribution is 6.10. The van der Waals surface area contributed by atoms with E-state index in [0.717, 1.165) is 12.8 Å². The van der Waals surface area contributed by atoms with E-state index < -0.39 is 0 Å². The van der Waals surface area contributed by atoms with Gasteiger partial charge in [0.1, 0.15) is 12.1 Å². The zero-order chi connectivity index (χ0) is 13.7. The summed E-state index contributed by atoms with van der Waals surface area (Å²) in [6.45, 7) is 0. The van der Waals surface area contributed by atoms with Crippen molar-refractivity contribution in [1.82, 2.24) is 5.32 Å². The molecule has 19 heavy (non-hydrogen) atoms. The summed E-state index contributed by atoms with van der Waals surface area (Å²) in [4.78, 5) is 12.0. The lowest BCUT2D eigenvalue weighted by Crippen LogP contribution is -2.26. The molecule has 0 heterocycles. The molecule has 2 rings (SSSR count). The minimum atomic E-state index is -0.294. The van der Waals surface area contributed by atoms with E-state index >= 15 is 0 Å². The lowest BCUT2D eigenvalue weighted by Gasteiger charge is -2.08. The Bertz CT molecular complexity index is 588. The SMILES string of the molecule is N#CC(C#N)=NNc1ccccc1C(=O)NC1CC1. The van der Waals surface area contributed by atoms with E-state index in [4.69, 9.17) is 10.5 Å². The second-order valence-electron chi connectivity index (χ2n) is 4.09. The van der Waals surface area contributed by atoms with E-state index in [9.17, 15) is 4.79 Å². The average Bonchev–Trinajstić information content (AvgIpc) is 3.24. The number of benzene rings is 1. The van der Waals surface area contributed by atoms with E-state index in [0.29, 0.717) is 11.3 Å². The monoisotopic (exact) mass is 253 g/mol. The predicted molar refractivity (Wildman–Crippen MR) is 69.2 cm³/mol. The third-order valence-corrected chi connectivity index (χ3v) is 2.58. The van der Waals surface area contributed by atoms with Crippen LogP contribution in [0.3, 0.4) is 0 Å². The minimum Gasteiger partial charge on any atom is -0.349 e. The Morgan fingerprint density at radius 3 is 2.58 bits per heavy atom. The maximum atomic E-state index is 12.0. The van der Waals surface area contributed by atoms with Crippen molar-refractivity contribution in [2.45, 2.75) is 18.9 Å². The van der Waals surface area contributed by atoms with Crippen molar-refractivity contribution in [1.29, 1.82) is 10.5 Å². The number of carbonyl (C=O) groups excluding carboxylic acids is 1. The molecule has 2 N–H and O–H groups in total. The fraction of sp³-hybridized carbons (Fsp3) is 0.231. The molecule has 0 unspecified atom stereocenters. The molecular formula is C13H11N5O. The molecule has 0 aromatic heterocycles. The number of nitriles is 2. The van der Waals surface area contributed by atoms with Crippen molar-refractivity contribution in [2.75, 3.05) is 5.43 Å². The van der Waals surface area contributed by atoms with Gasteiger partial charge in [0.2, 0.25) is 5.71 Å². The highest BCUT2D eigenvalue weighted by Gasteiger charge is 2.24. The number of hydrazone groups is 1. The number of hydrogen-bond acceptors (Lipinski definition) is 5. The van der Waals surface area contributed by atoms with Crippen LogP contribution in [0, 0.1) is 22.7 Å². The van der Waals surface area contributed by atoms with Crippen LogP contribution in [0.2, 0.25) is 0 Å². The zero-order valence-electron chi connectivity index (χ0n) is 10.1. The van der Waals surface area contributed by atoms with Crippen LogP contribution in [0.5, 0.6) is 0 Å². The zero-order valence-corrected chi connectivity index (χ0v) is 10.1. The lowest BCUT2D eigenvalue weighted by atomic mass is 10.1. The molecule has 1 aromatic carbocycles. The van der Waals surface area contributed by atoms with Gasteiger partial charge in [-0.2, -0.15) is 15.6 Å². The summed E-state index contributed by atoms with van der Waals surface area (Å²) < 4.78 is 0. The van der Waals surface area contributed by atoms with Crippen LogP contribution in [0.15, 0.2) is 29.4 Å². The maximum absolute atomic E-state index is 12.0. The highest BCUT2D eigenvalue weighted by atomic mass is 16.1. The van der Waals surface area contributed by atoms with Gasteiger partial charge in [0, 0.05) is 6.04 Å². The van der Waals surface area contributed by atoms with Gasteiger partial charge in [-0.25, -0.2) is 0 Å². The smallest absolute Gasteiger partial charge is 0.253 e. The van der Waals surface area contributed by atoms with Crippen molar-refractivity contribution in [2.24, 2.45) is 5.10 Å². The van der Waals surface area contributed by atoms with Crippen LogP contribution in [0.1, 0.15) is 23.2 Å². The number of anilines is 1. The van der Waals surface area contributed by atoms with Gasteiger partial charge >= 0.3 is 0 Å². The summed E-state index contributed by atoms with van der Waals surface area (Å²) in [5.74, 6) is -0.184. The van der Waals surface area contributed by atoms with Crippen LogP contribution >= 0.6 is 0 Å². The molecule has 0 atom stereocenters. The van der Waals surface area contributed by atoms with Crippen LogP contribution in [-0.2, 0) is 0 Å². The first kappa shape index (κ1) is 12.6. The van der Waals surface area contributed by atoms with Crippen molar-refractivity contribution in [3.63, 3.8) is 0 Å². The van der Waals surface area contributed by atoms with Gasteiger partial charge in [-0.05, 0) is 25.0 Å². The van der Waals surface area contributed by atoms with Gasteiger partial charge in [0.25, 0.3) is 5.91 Å². The molecule has 1 aromatic rings. The molecule has 0 spiro atoms. The van der Waals surface area contributed by atoms with Gasteiger partial charge in [-0.1, -0.05) is 12.1 Å². The number of hydrogen-bond donors (Lipinski definition) is 2. The van der Waals surface area contributed by atoms with Crippen molar-refractivity contribution < 1.29 is 4.79 Å². The first-order valence-corrected chi connectivity index (χ1v) is 5.78. The molecule has 1 saturated carbocycles. The molecule has 1 fully saturated rings. The summed E-state index contributed by atoms with van der Waals surface area (Å²) in [6.07, 6.45) is 2.01. The second kappa shape index (κ2) is 5.65. The van der Waals surface area contributed by atoms with Gasteiger partial charge in [0.15, 0.2) is 0 Å². The Kier molecular flexibility index (Phi) is 3.75. The lowest BCUT2D eigenvalue weighted by molar-refractivity contribution is 0.0952. The van der Waals surface area contributed by atoms with Gasteiger partial charge in [-0.15, -0.1) is 0 Å². The van der Waals surface area contributed by atoms with Gasteiger partial charge < -0.3 is 5.32 Å². The molecule has 0 saturated heterocycles. The van der Waals surface area contributed by atoms with E-state index in [1.807, 2.05) is 0 Å². The summed E-state index contributed by atoms with van der Waals surface area (Å²) in [5, 5.41) is 23.7. The molecule has 1 amide bonds. The fourth-order valence-corrected chi connectivity index (χ4v) is 1.46. The molecule has 1 aliphatic carbocycles. The Balaban J connectivity index is 2.16. The predicted octanol–water partition coefficient (Wildman–Crippen LogP) is 1.39. The van der Waals surface area contributed by atoms with Gasteiger partial charge in [-0.3, -0.25) is 10.2 Å². The summed E-state index contributed by atoms with van der Waals surface area (Å²) in [7, 11) is 0. The highest BCUT2D eigenvalue weighted by Crippen LogP contribution is 2.21. The van der Waals surface area contributed by atoms with Crippen LogP contribution in [-0.4, -0.2) is 17.7 Å². The summed E-state index contributed by atoms with van der Waals surface area (Å²) in [6, 6.07) is 10.3. The molecule has 0 bridgehead atoms. The maximum Gasteiger partial charge on any atom is 0.253 e. The minimum absolute atomic E-state index is 0.184. The number of nitrogens with one attached hydrogen (secondary N) is 2. The third kappa shape index (κ3) is 3.30. The van der Waals surface area contributed by atoms with Crippen LogP contribution < -0.4 is 10.7 Å². The quantitative estimate of drug-likeness (QED) is 0.625. The largest absolute Gasteiger partial charge is 0.349 e. The summed E-state index contributed by atoms with van der Waals surface area (Å²) >= 11 is 0. The number of carbonyl (C=O) groups is 1. The van der Waals surface area contributed by atoms with Crippen molar-refractivity contribution in [3.05, 3.63) is 29.8 Å². The van der Waals surface area contributed by atoms with E-state index in [1.165, 1.54) is 0 Å². The number of rotatable bonds is 4. The Morgan fingerprint density at radius 2 is 1.95 bits per heavy atom. The first-order chi connectivity index (χ1) is 9.24. The Morgan fingerprint density at radius 1 is 1.26 bits per heavy atom. The fourth-order valence-electron chi connectivity index (χ4n) is 1.46. The molecule has 0 radical (unpaired) electrons. The molecule has 1 aliphatic rings. The Labute approximate surface area is 110 Å². The van der Waals surface area contributed by atoms with E-state index in [1.54, 1.807) is 36.4 Å². The topological polar surface area (TPSA) is 101 Å². The second-order valence-corrected chi connectivity index (χ2v) is 4.09. The first-order valence-electron chi connectivity index (χ1n) is 5.78. The summed E-state index contributed by atoms with van der Waals surface area (Å²) in [5.41, 5.74) is 3.18. The van der Waals surface area contributed by atoms with Crippen LogP contribution in [0.4, 0.5) is 5.69 Å². The Hall–Kier alpha value is -2.86. The van der Waals surface area contributed by atoms with E-state index in [-0.39, 0.29) is 17.7 Å². The van der Waals surface area contributed by atoms with Gasteiger partial charge in [0.05, 0.1) is 11.3 Å². The molecule has 6 heteroatoms. The number of amides is 1. The van der Waals surface area contributed by atoms with Crippen LogP contribution in [0.25, 0.3) is 0 Å².